The molecule has 144 valence electrons. The number of carbonyl (C=O) groups is 2. The number of aryl methyl sites for hydroxylation is 2. The van der Waals surface area contributed by atoms with E-state index in [9.17, 15) is 14.4 Å². The fourth-order valence-electron chi connectivity index (χ4n) is 3.18. The standard InChI is InChI=1S/C22H22N2O4/c1-15-13-19(16(2)24(15)12-10-17-7-4-3-5-8-17)20(25)14-28-22(27)18-9-6-11-23-21(18)26/h3-9,11,13H,10,12,14H2,1-2H3,(H,23,26). The predicted octanol–water partition coefficient (Wildman–Crippen LogP) is 3.08. The number of hydrogen-bond donors (Lipinski definition) is 1. The van der Waals surface area contributed by atoms with Gasteiger partial charge in [0.1, 0.15) is 5.56 Å². The zero-order chi connectivity index (χ0) is 20.1. The fourth-order valence-corrected chi connectivity index (χ4v) is 3.18. The van der Waals surface area contributed by atoms with E-state index in [-0.39, 0.29) is 11.3 Å². The van der Waals surface area contributed by atoms with Crippen molar-refractivity contribution in [3.05, 3.63) is 93.2 Å². The molecule has 1 aromatic carbocycles. The summed E-state index contributed by atoms with van der Waals surface area (Å²) in [6.45, 7) is 4.18. The van der Waals surface area contributed by atoms with E-state index in [1.165, 1.54) is 23.9 Å². The number of aromatic amines is 1. The van der Waals surface area contributed by atoms with Crippen molar-refractivity contribution < 1.29 is 14.3 Å². The van der Waals surface area contributed by atoms with Crippen LogP contribution in [0.1, 0.15) is 37.7 Å². The number of ketones is 1. The van der Waals surface area contributed by atoms with Gasteiger partial charge in [0.15, 0.2) is 6.61 Å². The van der Waals surface area contributed by atoms with Gasteiger partial charge in [0.25, 0.3) is 5.56 Å². The number of nitrogens with one attached hydrogen (secondary N) is 1. The molecule has 3 rings (SSSR count). The SMILES string of the molecule is Cc1cc(C(=O)COC(=O)c2ccc[nH]c2=O)c(C)n1CCc1ccccc1. The average Bonchev–Trinajstić information content (AvgIpc) is 2.99. The van der Waals surface area contributed by atoms with Gasteiger partial charge < -0.3 is 14.3 Å². The highest BCUT2D eigenvalue weighted by Crippen LogP contribution is 2.17. The summed E-state index contributed by atoms with van der Waals surface area (Å²) in [5.41, 5.74) is 2.91. The second-order valence-electron chi connectivity index (χ2n) is 6.58. The van der Waals surface area contributed by atoms with Crippen LogP contribution in [0, 0.1) is 13.8 Å². The van der Waals surface area contributed by atoms with E-state index in [1.54, 1.807) is 0 Å². The number of H-pyrrole nitrogens is 1. The average molecular weight is 378 g/mol. The van der Waals surface area contributed by atoms with Gasteiger partial charge in [0.2, 0.25) is 5.78 Å². The molecule has 0 aliphatic heterocycles. The quantitative estimate of drug-likeness (QED) is 0.506. The van der Waals surface area contributed by atoms with Crippen molar-refractivity contribution in [2.45, 2.75) is 26.8 Å². The van der Waals surface area contributed by atoms with E-state index in [0.29, 0.717) is 5.56 Å². The Balaban J connectivity index is 1.66. The summed E-state index contributed by atoms with van der Waals surface area (Å²) in [4.78, 5) is 38.6. The maximum atomic E-state index is 12.5. The van der Waals surface area contributed by atoms with E-state index in [0.717, 1.165) is 24.4 Å². The van der Waals surface area contributed by atoms with E-state index < -0.39 is 18.1 Å². The molecule has 0 spiro atoms. The predicted molar refractivity (Wildman–Crippen MR) is 106 cm³/mol. The van der Waals surface area contributed by atoms with E-state index in [1.807, 2.05) is 38.1 Å². The van der Waals surface area contributed by atoms with Gasteiger partial charge in [0.05, 0.1) is 0 Å². The fraction of sp³-hybridized carbons (Fsp3) is 0.227. The number of carbonyl (C=O) groups excluding carboxylic acids is 2. The van der Waals surface area contributed by atoms with Gasteiger partial charge in [-0.15, -0.1) is 0 Å². The lowest BCUT2D eigenvalue weighted by Crippen LogP contribution is -2.21. The molecule has 3 aromatic rings. The first kappa shape index (κ1) is 19.4. The van der Waals surface area contributed by atoms with E-state index in [4.69, 9.17) is 4.74 Å². The zero-order valence-corrected chi connectivity index (χ0v) is 15.9. The third-order valence-corrected chi connectivity index (χ3v) is 4.71. The molecule has 6 heteroatoms. The number of benzene rings is 1. The summed E-state index contributed by atoms with van der Waals surface area (Å²) in [5.74, 6) is -1.10. The lowest BCUT2D eigenvalue weighted by atomic mass is 10.1. The number of esters is 1. The van der Waals surface area contributed by atoms with Crippen LogP contribution in [-0.4, -0.2) is 27.9 Å². The molecule has 28 heavy (non-hydrogen) atoms. The van der Waals surface area contributed by atoms with Crippen molar-refractivity contribution in [3.63, 3.8) is 0 Å². The lowest BCUT2D eigenvalue weighted by Gasteiger charge is -2.10. The van der Waals surface area contributed by atoms with Crippen LogP contribution in [0.25, 0.3) is 0 Å². The Morgan fingerprint density at radius 3 is 2.50 bits per heavy atom. The first-order valence-corrected chi connectivity index (χ1v) is 9.06. The smallest absolute Gasteiger partial charge is 0.344 e. The molecule has 0 radical (unpaired) electrons. The normalized spacial score (nSPS) is 10.6. The van der Waals surface area contributed by atoms with Crippen LogP contribution in [-0.2, 0) is 17.7 Å². The van der Waals surface area contributed by atoms with Crippen LogP contribution in [0.15, 0.2) is 59.5 Å². The monoisotopic (exact) mass is 378 g/mol. The van der Waals surface area contributed by atoms with Gasteiger partial charge in [-0.1, -0.05) is 30.3 Å². The highest BCUT2D eigenvalue weighted by atomic mass is 16.5. The number of hydrogen-bond acceptors (Lipinski definition) is 4. The van der Waals surface area contributed by atoms with Crippen molar-refractivity contribution in [2.24, 2.45) is 0 Å². The molecule has 0 unspecified atom stereocenters. The van der Waals surface area contributed by atoms with Crippen LogP contribution in [0.4, 0.5) is 0 Å². The van der Waals surface area contributed by atoms with Gasteiger partial charge >= 0.3 is 5.97 Å². The Hall–Kier alpha value is -3.41. The first-order valence-electron chi connectivity index (χ1n) is 9.06. The van der Waals surface area contributed by atoms with Crippen LogP contribution in [0.5, 0.6) is 0 Å². The molecular formula is C22H22N2O4. The van der Waals surface area contributed by atoms with Crippen molar-refractivity contribution in [2.75, 3.05) is 6.61 Å². The Morgan fingerprint density at radius 1 is 1.04 bits per heavy atom. The first-order chi connectivity index (χ1) is 13.5. The van der Waals surface area contributed by atoms with E-state index >= 15 is 0 Å². The van der Waals surface area contributed by atoms with Crippen molar-refractivity contribution in [3.8, 4) is 0 Å². The molecule has 0 amide bonds. The lowest BCUT2D eigenvalue weighted by molar-refractivity contribution is 0.0472. The van der Waals surface area contributed by atoms with Crippen LogP contribution < -0.4 is 5.56 Å². The van der Waals surface area contributed by atoms with Gasteiger partial charge in [-0.2, -0.15) is 0 Å². The zero-order valence-electron chi connectivity index (χ0n) is 15.9. The number of nitrogens with zero attached hydrogens (tertiary/aromatic N) is 1. The minimum atomic E-state index is -0.812. The van der Waals surface area contributed by atoms with Crippen LogP contribution in [0.2, 0.25) is 0 Å². The van der Waals surface area contributed by atoms with Gasteiger partial charge in [0, 0.05) is 29.7 Å². The molecule has 0 aliphatic carbocycles. The minimum Gasteiger partial charge on any atom is -0.454 e. The van der Waals surface area contributed by atoms with Crippen LogP contribution in [0.3, 0.4) is 0 Å². The largest absolute Gasteiger partial charge is 0.454 e. The molecule has 0 bridgehead atoms. The molecule has 2 heterocycles. The second-order valence-corrected chi connectivity index (χ2v) is 6.58. The molecule has 0 fully saturated rings. The van der Waals surface area contributed by atoms with Gasteiger partial charge in [-0.3, -0.25) is 9.59 Å². The summed E-state index contributed by atoms with van der Waals surface area (Å²) in [6, 6.07) is 14.8. The number of Topliss-reactive ketones (excluding diaryl/α,β-unsaturated/α-hetero) is 1. The summed E-state index contributed by atoms with van der Waals surface area (Å²) >= 11 is 0. The van der Waals surface area contributed by atoms with Gasteiger partial charge in [-0.25, -0.2) is 4.79 Å². The summed E-state index contributed by atoms with van der Waals surface area (Å²) in [5, 5.41) is 0. The highest BCUT2D eigenvalue weighted by molar-refractivity contribution is 6.00. The summed E-state index contributed by atoms with van der Waals surface area (Å²) in [6.07, 6.45) is 2.28. The Morgan fingerprint density at radius 2 is 1.79 bits per heavy atom. The molecule has 2 aromatic heterocycles. The molecule has 0 atom stereocenters. The van der Waals surface area contributed by atoms with Crippen molar-refractivity contribution in [1.82, 2.24) is 9.55 Å². The third kappa shape index (κ3) is 4.28. The molecule has 6 nitrogen and oxygen atoms in total. The number of pyridine rings is 1. The topological polar surface area (TPSA) is 81.2 Å². The maximum Gasteiger partial charge on any atom is 0.344 e. The minimum absolute atomic E-state index is 0.122. The van der Waals surface area contributed by atoms with Crippen LogP contribution >= 0.6 is 0 Å². The van der Waals surface area contributed by atoms with Gasteiger partial charge in [-0.05, 0) is 44.0 Å². The van der Waals surface area contributed by atoms with Crippen molar-refractivity contribution in [1.29, 1.82) is 0 Å². The Kier molecular flexibility index (Phi) is 5.89. The molecule has 0 saturated heterocycles. The highest BCUT2D eigenvalue weighted by Gasteiger charge is 2.19. The second kappa shape index (κ2) is 8.52. The maximum absolute atomic E-state index is 12.5. The Bertz CT molecular complexity index is 1050. The van der Waals surface area contributed by atoms with E-state index in [2.05, 4.69) is 21.7 Å². The molecular weight excluding hydrogens is 356 g/mol. The van der Waals surface area contributed by atoms with Crippen molar-refractivity contribution >= 4 is 11.8 Å². The summed E-state index contributed by atoms with van der Waals surface area (Å²) < 4.78 is 7.13. The third-order valence-electron chi connectivity index (χ3n) is 4.71. The molecule has 0 saturated carbocycles. The molecule has 0 aliphatic rings. The number of aromatic nitrogens is 2. The number of rotatable bonds is 7. The summed E-state index contributed by atoms with van der Waals surface area (Å²) in [7, 11) is 0. The number of ether oxygens (including phenoxy) is 1. The Labute approximate surface area is 162 Å². The molecule has 1 N–H and O–H groups in total.